The molecule has 1 aromatic heterocycles. The number of carbonyl (C=O) groups is 1. The van der Waals surface area contributed by atoms with E-state index in [-0.39, 0.29) is 5.91 Å². The zero-order valence-corrected chi connectivity index (χ0v) is 17.1. The average molecular weight is 397 g/mol. The number of hydrogen-bond donors (Lipinski definition) is 0. The topological polar surface area (TPSA) is 60.2 Å². The number of nitrogens with zero attached hydrogens (tertiary/aromatic N) is 4. The molecule has 6 nitrogen and oxygen atoms in total. The molecular formula is C21H24N4O2S. The lowest BCUT2D eigenvalue weighted by molar-refractivity contribution is -0.127. The minimum Gasteiger partial charge on any atom is -0.497 e. The van der Waals surface area contributed by atoms with Gasteiger partial charge in [-0.3, -0.25) is 9.36 Å². The predicted octanol–water partition coefficient (Wildman–Crippen LogP) is 3.59. The van der Waals surface area contributed by atoms with Crippen molar-refractivity contribution >= 4 is 17.7 Å². The van der Waals surface area contributed by atoms with Crippen molar-refractivity contribution in [2.24, 2.45) is 0 Å². The van der Waals surface area contributed by atoms with Crippen LogP contribution < -0.4 is 4.74 Å². The zero-order chi connectivity index (χ0) is 19.9. The lowest BCUT2D eigenvalue weighted by Crippen LogP contribution is -2.27. The molecule has 0 saturated heterocycles. The van der Waals surface area contributed by atoms with Crippen molar-refractivity contribution in [2.75, 3.05) is 19.9 Å². The van der Waals surface area contributed by atoms with Gasteiger partial charge in [-0.05, 0) is 35.7 Å². The number of benzene rings is 2. The Labute approximate surface area is 169 Å². The molecule has 146 valence electrons. The first kappa shape index (κ1) is 19.9. The second kappa shape index (κ2) is 9.41. The molecule has 0 spiro atoms. The van der Waals surface area contributed by atoms with Crippen molar-refractivity contribution < 1.29 is 9.53 Å². The SMILES string of the molecule is CCc1ccccc1-n1cnnc1SCC(=O)N(C)Cc1cccc(OC)c1. The summed E-state index contributed by atoms with van der Waals surface area (Å²) in [5, 5.41) is 8.94. The third kappa shape index (κ3) is 4.72. The standard InChI is InChI=1S/C21H24N4O2S/c1-4-17-9-5-6-11-19(17)25-15-22-23-21(25)28-14-20(26)24(2)13-16-8-7-10-18(12-16)27-3/h5-12,15H,4,13-14H2,1-3H3. The molecule has 0 radical (unpaired) electrons. The smallest absolute Gasteiger partial charge is 0.233 e. The number of ether oxygens (including phenoxy) is 1. The number of amides is 1. The summed E-state index contributed by atoms with van der Waals surface area (Å²) in [7, 11) is 3.44. The number of hydrogen-bond acceptors (Lipinski definition) is 5. The Bertz CT molecular complexity index is 941. The highest BCUT2D eigenvalue weighted by Crippen LogP contribution is 2.23. The molecule has 3 rings (SSSR count). The first-order valence-electron chi connectivity index (χ1n) is 9.10. The molecule has 0 aliphatic rings. The second-order valence-corrected chi connectivity index (χ2v) is 7.30. The van der Waals surface area contributed by atoms with Gasteiger partial charge in [0.2, 0.25) is 5.91 Å². The van der Waals surface area contributed by atoms with E-state index in [0.717, 1.165) is 23.4 Å². The maximum Gasteiger partial charge on any atom is 0.233 e. The van der Waals surface area contributed by atoms with Crippen molar-refractivity contribution in [2.45, 2.75) is 25.0 Å². The first-order valence-corrected chi connectivity index (χ1v) is 10.1. The molecule has 0 N–H and O–H groups in total. The minimum atomic E-state index is 0.0335. The van der Waals surface area contributed by atoms with E-state index in [0.29, 0.717) is 17.5 Å². The molecule has 0 bridgehead atoms. The van der Waals surface area contributed by atoms with Gasteiger partial charge in [0.05, 0.1) is 18.6 Å². The van der Waals surface area contributed by atoms with Crippen LogP contribution in [0.5, 0.6) is 5.75 Å². The summed E-state index contributed by atoms with van der Waals surface area (Å²) in [6.45, 7) is 2.65. The van der Waals surface area contributed by atoms with Crippen LogP contribution in [0.3, 0.4) is 0 Å². The van der Waals surface area contributed by atoms with Gasteiger partial charge in [0.15, 0.2) is 5.16 Å². The highest BCUT2D eigenvalue weighted by atomic mass is 32.2. The fraction of sp³-hybridized carbons (Fsp3) is 0.286. The summed E-state index contributed by atoms with van der Waals surface area (Å²) in [6.07, 6.45) is 2.61. The summed E-state index contributed by atoms with van der Waals surface area (Å²) < 4.78 is 7.19. The van der Waals surface area contributed by atoms with Gasteiger partial charge in [-0.2, -0.15) is 0 Å². The first-order chi connectivity index (χ1) is 13.6. The number of rotatable bonds is 8. The van der Waals surface area contributed by atoms with E-state index in [4.69, 9.17) is 4.74 Å². The predicted molar refractivity (Wildman–Crippen MR) is 111 cm³/mol. The zero-order valence-electron chi connectivity index (χ0n) is 16.3. The Balaban J connectivity index is 1.64. The molecule has 3 aromatic rings. The van der Waals surface area contributed by atoms with Crippen LogP contribution in [0.15, 0.2) is 60.0 Å². The fourth-order valence-electron chi connectivity index (χ4n) is 2.90. The van der Waals surface area contributed by atoms with E-state index in [9.17, 15) is 4.79 Å². The van der Waals surface area contributed by atoms with Crippen LogP contribution >= 0.6 is 11.8 Å². The van der Waals surface area contributed by atoms with Crippen LogP contribution in [-0.4, -0.2) is 45.5 Å². The number of methoxy groups -OCH3 is 1. The maximum absolute atomic E-state index is 12.6. The van der Waals surface area contributed by atoms with Gasteiger partial charge in [-0.1, -0.05) is 49.0 Å². The van der Waals surface area contributed by atoms with Crippen LogP contribution in [0.25, 0.3) is 5.69 Å². The van der Waals surface area contributed by atoms with Gasteiger partial charge in [-0.25, -0.2) is 0 Å². The van der Waals surface area contributed by atoms with Crippen LogP contribution in [-0.2, 0) is 17.8 Å². The van der Waals surface area contributed by atoms with E-state index < -0.39 is 0 Å². The lowest BCUT2D eigenvalue weighted by Gasteiger charge is -2.17. The fourth-order valence-corrected chi connectivity index (χ4v) is 3.76. The van der Waals surface area contributed by atoms with Gasteiger partial charge in [0.1, 0.15) is 12.1 Å². The molecule has 0 aliphatic carbocycles. The van der Waals surface area contributed by atoms with E-state index in [1.807, 2.05) is 47.0 Å². The van der Waals surface area contributed by atoms with Crippen molar-refractivity contribution in [1.82, 2.24) is 19.7 Å². The Hall–Kier alpha value is -2.80. The molecule has 1 heterocycles. The largest absolute Gasteiger partial charge is 0.497 e. The minimum absolute atomic E-state index is 0.0335. The van der Waals surface area contributed by atoms with Gasteiger partial charge < -0.3 is 9.64 Å². The summed E-state index contributed by atoms with van der Waals surface area (Å²) in [5.41, 5.74) is 3.29. The molecular weight excluding hydrogens is 372 g/mol. The molecule has 2 aromatic carbocycles. The highest BCUT2D eigenvalue weighted by molar-refractivity contribution is 7.99. The number of carbonyl (C=O) groups excluding carboxylic acids is 1. The van der Waals surface area contributed by atoms with Gasteiger partial charge >= 0.3 is 0 Å². The van der Waals surface area contributed by atoms with Gasteiger partial charge in [0.25, 0.3) is 0 Å². The second-order valence-electron chi connectivity index (χ2n) is 6.36. The van der Waals surface area contributed by atoms with Crippen molar-refractivity contribution in [1.29, 1.82) is 0 Å². The molecule has 0 aliphatic heterocycles. The monoisotopic (exact) mass is 396 g/mol. The Morgan fingerprint density at radius 2 is 2.04 bits per heavy atom. The molecule has 7 heteroatoms. The molecule has 0 saturated carbocycles. The Morgan fingerprint density at radius 1 is 1.21 bits per heavy atom. The van der Waals surface area contributed by atoms with Crippen LogP contribution in [0.2, 0.25) is 0 Å². The molecule has 0 fully saturated rings. The lowest BCUT2D eigenvalue weighted by atomic mass is 10.1. The summed E-state index contributed by atoms with van der Waals surface area (Å²) in [6, 6.07) is 15.9. The quantitative estimate of drug-likeness (QED) is 0.545. The molecule has 1 amide bonds. The van der Waals surface area contributed by atoms with Crippen molar-refractivity contribution in [3.8, 4) is 11.4 Å². The van der Waals surface area contributed by atoms with Crippen LogP contribution in [0, 0.1) is 0 Å². The van der Waals surface area contributed by atoms with Crippen LogP contribution in [0.1, 0.15) is 18.1 Å². The summed E-state index contributed by atoms with van der Waals surface area (Å²) in [4.78, 5) is 14.3. The van der Waals surface area contributed by atoms with Gasteiger partial charge in [-0.15, -0.1) is 10.2 Å². The molecule has 0 unspecified atom stereocenters. The van der Waals surface area contributed by atoms with E-state index in [1.165, 1.54) is 17.3 Å². The van der Waals surface area contributed by atoms with E-state index in [1.54, 1.807) is 25.4 Å². The number of thioether (sulfide) groups is 1. The number of aromatic nitrogens is 3. The summed E-state index contributed by atoms with van der Waals surface area (Å²) >= 11 is 1.40. The average Bonchev–Trinajstić information content (AvgIpc) is 3.20. The molecule has 0 atom stereocenters. The highest BCUT2D eigenvalue weighted by Gasteiger charge is 2.15. The Kier molecular flexibility index (Phi) is 6.71. The summed E-state index contributed by atoms with van der Waals surface area (Å²) in [5.74, 6) is 1.12. The van der Waals surface area contributed by atoms with Crippen molar-refractivity contribution in [3.63, 3.8) is 0 Å². The third-order valence-electron chi connectivity index (χ3n) is 4.45. The van der Waals surface area contributed by atoms with Crippen LogP contribution in [0.4, 0.5) is 0 Å². The van der Waals surface area contributed by atoms with E-state index in [2.05, 4.69) is 23.2 Å². The van der Waals surface area contributed by atoms with E-state index >= 15 is 0 Å². The number of para-hydroxylation sites is 1. The third-order valence-corrected chi connectivity index (χ3v) is 5.38. The Morgan fingerprint density at radius 3 is 2.82 bits per heavy atom. The normalized spacial score (nSPS) is 10.7. The molecule has 28 heavy (non-hydrogen) atoms. The van der Waals surface area contributed by atoms with Crippen molar-refractivity contribution in [3.05, 3.63) is 66.0 Å². The maximum atomic E-state index is 12.6. The van der Waals surface area contributed by atoms with Gasteiger partial charge in [0, 0.05) is 13.6 Å². The number of aryl methyl sites for hydroxylation is 1.